The molecule has 1 heterocycles. The molecule has 0 saturated heterocycles. The quantitative estimate of drug-likeness (QED) is 0.894. The summed E-state index contributed by atoms with van der Waals surface area (Å²) in [5.41, 5.74) is 2.26. The number of benzene rings is 1. The number of aromatic carboxylic acids is 1. The molecule has 2 rings (SSSR count). The minimum Gasteiger partial charge on any atom is -0.476 e. The minimum atomic E-state index is -1.09. The number of carboxylic acids is 1. The van der Waals surface area contributed by atoms with Gasteiger partial charge in [-0.25, -0.2) is 4.79 Å². The Hall–Kier alpha value is -2.30. The van der Waals surface area contributed by atoms with Gasteiger partial charge in [-0.3, -0.25) is 0 Å². The van der Waals surface area contributed by atoms with Gasteiger partial charge in [-0.15, -0.1) is 0 Å². The van der Waals surface area contributed by atoms with Crippen molar-refractivity contribution in [2.24, 2.45) is 0 Å². The van der Waals surface area contributed by atoms with Crippen LogP contribution in [0.2, 0.25) is 0 Å². The van der Waals surface area contributed by atoms with Crippen LogP contribution in [0.3, 0.4) is 0 Å². The Morgan fingerprint density at radius 1 is 1.30 bits per heavy atom. The van der Waals surface area contributed by atoms with Gasteiger partial charge in [-0.2, -0.15) is 0 Å². The predicted molar refractivity (Wildman–Crippen MR) is 75.9 cm³/mol. The highest BCUT2D eigenvalue weighted by Crippen LogP contribution is 2.23. The van der Waals surface area contributed by atoms with E-state index in [1.165, 1.54) is 11.6 Å². The van der Waals surface area contributed by atoms with Crippen LogP contribution in [0.15, 0.2) is 34.9 Å². The highest BCUT2D eigenvalue weighted by molar-refractivity contribution is 5.85. The highest BCUT2D eigenvalue weighted by atomic mass is 16.5. The van der Waals surface area contributed by atoms with E-state index in [9.17, 15) is 4.79 Å². The maximum atomic E-state index is 10.7. The molecule has 0 saturated carbocycles. The Bertz CT molecular complexity index is 594. The number of carboxylic acid groups (broad SMARTS) is 1. The Labute approximate surface area is 117 Å². The smallest absolute Gasteiger partial charge is 0.358 e. The lowest BCUT2D eigenvalue weighted by atomic mass is 9.87. The molecule has 0 amide bonds. The average molecular weight is 274 g/mol. The summed E-state index contributed by atoms with van der Waals surface area (Å²) in [6.45, 7) is 6.89. The summed E-state index contributed by atoms with van der Waals surface area (Å²) in [5, 5.41) is 15.4. The SMILES string of the molecule is CC(C)(C)c1ccc(NCc2cc(C(=O)O)no2)cc1. The second-order valence-electron chi connectivity index (χ2n) is 5.66. The maximum Gasteiger partial charge on any atom is 0.358 e. The van der Waals surface area contributed by atoms with Gasteiger partial charge in [0, 0.05) is 11.8 Å². The number of hydrogen-bond acceptors (Lipinski definition) is 4. The second-order valence-corrected chi connectivity index (χ2v) is 5.66. The van der Waals surface area contributed by atoms with Gasteiger partial charge in [0.15, 0.2) is 11.5 Å². The van der Waals surface area contributed by atoms with E-state index in [0.717, 1.165) is 5.69 Å². The number of nitrogens with zero attached hydrogens (tertiary/aromatic N) is 1. The molecule has 5 nitrogen and oxygen atoms in total. The molecule has 0 unspecified atom stereocenters. The first-order valence-corrected chi connectivity index (χ1v) is 6.39. The summed E-state index contributed by atoms with van der Waals surface area (Å²) < 4.78 is 4.93. The standard InChI is InChI=1S/C15H18N2O3/c1-15(2,3)10-4-6-11(7-5-10)16-9-12-8-13(14(18)19)17-20-12/h4-8,16H,9H2,1-3H3,(H,18,19). The molecule has 0 aliphatic heterocycles. The number of hydrogen-bond donors (Lipinski definition) is 2. The van der Waals surface area contributed by atoms with Crippen molar-refractivity contribution in [3.8, 4) is 0 Å². The molecule has 5 heteroatoms. The van der Waals surface area contributed by atoms with Gasteiger partial charge in [-0.05, 0) is 23.1 Å². The lowest BCUT2D eigenvalue weighted by Gasteiger charge is -2.19. The number of nitrogens with one attached hydrogen (secondary N) is 1. The van der Waals surface area contributed by atoms with Crippen molar-refractivity contribution >= 4 is 11.7 Å². The summed E-state index contributed by atoms with van der Waals surface area (Å²) in [5.74, 6) is -0.600. The molecule has 0 aliphatic rings. The highest BCUT2D eigenvalue weighted by Gasteiger charge is 2.13. The van der Waals surface area contributed by atoms with Gasteiger partial charge in [0.2, 0.25) is 0 Å². The largest absolute Gasteiger partial charge is 0.476 e. The van der Waals surface area contributed by atoms with E-state index in [-0.39, 0.29) is 11.1 Å². The van der Waals surface area contributed by atoms with E-state index in [1.807, 2.05) is 12.1 Å². The number of aromatic nitrogens is 1. The lowest BCUT2D eigenvalue weighted by Crippen LogP contribution is -2.10. The van der Waals surface area contributed by atoms with E-state index in [1.54, 1.807) is 0 Å². The van der Waals surface area contributed by atoms with Crippen LogP contribution in [0.25, 0.3) is 0 Å². The topological polar surface area (TPSA) is 75.4 Å². The second kappa shape index (κ2) is 5.36. The summed E-state index contributed by atoms with van der Waals surface area (Å²) in [6, 6.07) is 9.56. The molecule has 0 spiro atoms. The van der Waals surface area contributed by atoms with Gasteiger partial charge < -0.3 is 14.9 Å². The van der Waals surface area contributed by atoms with E-state index >= 15 is 0 Å². The van der Waals surface area contributed by atoms with Crippen LogP contribution in [0.5, 0.6) is 0 Å². The van der Waals surface area contributed by atoms with Crippen LogP contribution in [-0.2, 0) is 12.0 Å². The number of rotatable bonds is 4. The zero-order chi connectivity index (χ0) is 14.8. The maximum absolute atomic E-state index is 10.7. The van der Waals surface area contributed by atoms with Crippen LogP contribution in [0.1, 0.15) is 42.6 Å². The molecule has 1 aromatic heterocycles. The molecular formula is C15H18N2O3. The average Bonchev–Trinajstić information content (AvgIpc) is 2.85. The van der Waals surface area contributed by atoms with E-state index in [4.69, 9.17) is 9.63 Å². The first kappa shape index (κ1) is 14.1. The minimum absolute atomic E-state index is 0.0788. The van der Waals surface area contributed by atoms with Gasteiger partial charge in [0.25, 0.3) is 0 Å². The Morgan fingerprint density at radius 2 is 1.95 bits per heavy atom. The van der Waals surface area contributed by atoms with E-state index < -0.39 is 5.97 Å². The third-order valence-electron chi connectivity index (χ3n) is 3.00. The zero-order valence-electron chi connectivity index (χ0n) is 11.8. The van der Waals surface area contributed by atoms with Crippen LogP contribution >= 0.6 is 0 Å². The van der Waals surface area contributed by atoms with Crippen molar-refractivity contribution in [1.29, 1.82) is 0 Å². The summed E-state index contributed by atoms with van der Waals surface area (Å²) in [4.78, 5) is 10.7. The van der Waals surface area contributed by atoms with E-state index in [0.29, 0.717) is 12.3 Å². The molecule has 2 N–H and O–H groups in total. The van der Waals surface area contributed by atoms with Crippen molar-refractivity contribution in [3.05, 3.63) is 47.3 Å². The van der Waals surface area contributed by atoms with Crippen molar-refractivity contribution in [3.63, 3.8) is 0 Å². The van der Waals surface area contributed by atoms with Gasteiger partial charge in [0.1, 0.15) is 0 Å². The summed E-state index contributed by atoms with van der Waals surface area (Å²) in [7, 11) is 0. The number of anilines is 1. The zero-order valence-corrected chi connectivity index (χ0v) is 11.8. The van der Waals surface area contributed by atoms with Gasteiger partial charge in [0.05, 0.1) is 6.54 Å². The monoisotopic (exact) mass is 274 g/mol. The number of carbonyl (C=O) groups is 1. The fourth-order valence-corrected chi connectivity index (χ4v) is 1.77. The van der Waals surface area contributed by atoms with Crippen molar-refractivity contribution in [1.82, 2.24) is 5.16 Å². The molecule has 0 aliphatic carbocycles. The van der Waals surface area contributed by atoms with Gasteiger partial charge >= 0.3 is 5.97 Å². The molecule has 0 fully saturated rings. The lowest BCUT2D eigenvalue weighted by molar-refractivity contribution is 0.0685. The fraction of sp³-hybridized carbons (Fsp3) is 0.333. The van der Waals surface area contributed by atoms with Crippen LogP contribution < -0.4 is 5.32 Å². The van der Waals surface area contributed by atoms with Crippen LogP contribution in [0.4, 0.5) is 5.69 Å². The molecule has 106 valence electrons. The van der Waals surface area contributed by atoms with Crippen LogP contribution in [-0.4, -0.2) is 16.2 Å². The van der Waals surface area contributed by atoms with Crippen LogP contribution in [0, 0.1) is 0 Å². The first-order chi connectivity index (χ1) is 9.36. The molecule has 2 aromatic rings. The van der Waals surface area contributed by atoms with Crippen molar-refractivity contribution in [2.45, 2.75) is 32.7 Å². The van der Waals surface area contributed by atoms with Crippen molar-refractivity contribution < 1.29 is 14.4 Å². The molecule has 1 aromatic carbocycles. The van der Waals surface area contributed by atoms with Gasteiger partial charge in [-0.1, -0.05) is 38.1 Å². The summed E-state index contributed by atoms with van der Waals surface area (Å²) >= 11 is 0. The Balaban J connectivity index is 1.98. The first-order valence-electron chi connectivity index (χ1n) is 6.39. The Kier molecular flexibility index (Phi) is 3.79. The molecule has 0 radical (unpaired) electrons. The summed E-state index contributed by atoms with van der Waals surface area (Å²) in [6.07, 6.45) is 0. The predicted octanol–water partition coefficient (Wildman–Crippen LogP) is 3.28. The molecule has 0 atom stereocenters. The Morgan fingerprint density at radius 3 is 2.45 bits per heavy atom. The third kappa shape index (κ3) is 3.38. The van der Waals surface area contributed by atoms with Crippen molar-refractivity contribution in [2.75, 3.05) is 5.32 Å². The molecule has 0 bridgehead atoms. The normalized spacial score (nSPS) is 11.3. The molecular weight excluding hydrogens is 256 g/mol. The van der Waals surface area contributed by atoms with E-state index in [2.05, 4.69) is 43.4 Å². The third-order valence-corrected chi connectivity index (χ3v) is 3.00. The fourth-order valence-electron chi connectivity index (χ4n) is 1.77. The molecule has 20 heavy (non-hydrogen) atoms.